The molecule has 77 valence electrons. The molecule has 0 aromatic rings. The Morgan fingerprint density at radius 2 is 2.20 bits per heavy atom. The minimum atomic E-state index is 0.241. The summed E-state index contributed by atoms with van der Waals surface area (Å²) in [5, 5.41) is 0. The maximum absolute atomic E-state index is 5.73. The molecular weight excluding hydrogens is 188 g/mol. The number of hydrogen-bond acceptors (Lipinski definition) is 2. The first-order valence-corrected chi connectivity index (χ1v) is 5.34. The Balaban J connectivity index is 1.97. The van der Waals surface area contributed by atoms with Crippen LogP contribution in [0.4, 0.5) is 0 Å². The van der Waals surface area contributed by atoms with E-state index < -0.39 is 0 Å². The Hall–Kier alpha value is -1.28. The lowest BCUT2D eigenvalue weighted by atomic mass is 10.0. The van der Waals surface area contributed by atoms with Gasteiger partial charge in [-0.1, -0.05) is 6.07 Å². The molecule has 1 radical (unpaired) electrons. The second-order valence-electron chi connectivity index (χ2n) is 3.87. The maximum Gasteiger partial charge on any atom is 0.134 e. The van der Waals surface area contributed by atoms with Gasteiger partial charge < -0.3 is 9.15 Å². The summed E-state index contributed by atoms with van der Waals surface area (Å²) in [6, 6.07) is 8.16. The Kier molecular flexibility index (Phi) is 2.22. The first kappa shape index (κ1) is 8.98. The molecule has 1 fully saturated rings. The largest absolute Gasteiger partial charge is 0.464 e. The van der Waals surface area contributed by atoms with Crippen LogP contribution in [0.15, 0.2) is 34.9 Å². The summed E-state index contributed by atoms with van der Waals surface area (Å²) in [5.41, 5.74) is 2.45. The second-order valence-corrected chi connectivity index (χ2v) is 3.87. The van der Waals surface area contributed by atoms with Crippen molar-refractivity contribution in [2.24, 2.45) is 0 Å². The molecule has 3 aliphatic rings. The zero-order chi connectivity index (χ0) is 10.1. The fourth-order valence-corrected chi connectivity index (χ4v) is 2.16. The van der Waals surface area contributed by atoms with Crippen molar-refractivity contribution >= 4 is 0 Å². The molecule has 0 bridgehead atoms. The highest BCUT2D eigenvalue weighted by molar-refractivity contribution is 5.66. The van der Waals surface area contributed by atoms with E-state index in [4.69, 9.17) is 9.15 Å². The normalized spacial score (nSPS) is 22.0. The van der Waals surface area contributed by atoms with Crippen molar-refractivity contribution in [1.82, 2.24) is 0 Å². The molecule has 2 aliphatic heterocycles. The monoisotopic (exact) mass is 201 g/mol. The van der Waals surface area contributed by atoms with Crippen LogP contribution in [0.5, 0.6) is 0 Å². The topological polar surface area (TPSA) is 22.4 Å². The molecular formula is C13H13O2. The molecule has 2 heteroatoms. The lowest BCUT2D eigenvalue weighted by Crippen LogP contribution is -2.11. The van der Waals surface area contributed by atoms with Gasteiger partial charge in [-0.2, -0.15) is 0 Å². The summed E-state index contributed by atoms with van der Waals surface area (Å²) < 4.78 is 11.2. The van der Waals surface area contributed by atoms with E-state index in [1.54, 1.807) is 6.26 Å². The maximum atomic E-state index is 5.73. The molecule has 1 saturated heterocycles. The number of rotatable bonds is 1. The summed E-state index contributed by atoms with van der Waals surface area (Å²) in [5.74, 6) is 0.950. The van der Waals surface area contributed by atoms with Crippen molar-refractivity contribution in [1.29, 1.82) is 0 Å². The lowest BCUT2D eigenvalue weighted by molar-refractivity contribution is 0.0397. The molecule has 3 rings (SSSR count). The highest BCUT2D eigenvalue weighted by Crippen LogP contribution is 2.37. The van der Waals surface area contributed by atoms with Crippen LogP contribution in [-0.2, 0) is 4.74 Å². The zero-order valence-corrected chi connectivity index (χ0v) is 8.48. The SMILES string of the molecule is [CH]1CCC(c2ccc3occcc2-3)OC1. The van der Waals surface area contributed by atoms with Gasteiger partial charge in [0.1, 0.15) is 5.76 Å². The molecule has 0 aromatic heterocycles. The predicted octanol–water partition coefficient (Wildman–Crippen LogP) is 3.44. The molecule has 0 spiro atoms. The van der Waals surface area contributed by atoms with Gasteiger partial charge in [-0.3, -0.25) is 0 Å². The third kappa shape index (κ3) is 1.55. The molecule has 2 nitrogen and oxygen atoms in total. The van der Waals surface area contributed by atoms with Crippen LogP contribution in [-0.4, -0.2) is 6.61 Å². The van der Waals surface area contributed by atoms with Crippen LogP contribution in [0.3, 0.4) is 0 Å². The molecule has 2 heterocycles. The summed E-state index contributed by atoms with van der Waals surface area (Å²) >= 11 is 0. The van der Waals surface area contributed by atoms with E-state index in [0.29, 0.717) is 0 Å². The van der Waals surface area contributed by atoms with Gasteiger partial charge in [0.15, 0.2) is 0 Å². The predicted molar refractivity (Wildman–Crippen MR) is 57.6 cm³/mol. The first-order chi connectivity index (χ1) is 7.45. The van der Waals surface area contributed by atoms with E-state index in [2.05, 4.69) is 18.6 Å². The van der Waals surface area contributed by atoms with E-state index in [-0.39, 0.29) is 6.10 Å². The fraction of sp³-hybridized carbons (Fsp3) is 0.308. The number of ether oxygens (including phenoxy) is 1. The third-order valence-corrected chi connectivity index (χ3v) is 2.92. The van der Waals surface area contributed by atoms with Crippen molar-refractivity contribution < 1.29 is 9.15 Å². The molecule has 0 amide bonds. The number of fused-ring (bicyclic) bond motifs is 1. The van der Waals surface area contributed by atoms with Crippen LogP contribution in [0, 0.1) is 6.42 Å². The van der Waals surface area contributed by atoms with Gasteiger partial charge in [0.2, 0.25) is 0 Å². The number of hydrogen-bond donors (Lipinski definition) is 0. The summed E-state index contributed by atoms with van der Waals surface area (Å²) in [7, 11) is 0. The van der Waals surface area contributed by atoms with Crippen molar-refractivity contribution in [2.45, 2.75) is 18.9 Å². The van der Waals surface area contributed by atoms with E-state index in [1.807, 2.05) is 12.1 Å². The summed E-state index contributed by atoms with van der Waals surface area (Å²) in [6.07, 6.45) is 6.35. The van der Waals surface area contributed by atoms with Gasteiger partial charge in [0, 0.05) is 5.56 Å². The smallest absolute Gasteiger partial charge is 0.134 e. The van der Waals surface area contributed by atoms with Crippen LogP contribution < -0.4 is 0 Å². The molecule has 0 aromatic carbocycles. The molecule has 1 atom stereocenters. The van der Waals surface area contributed by atoms with Crippen molar-refractivity contribution in [3.8, 4) is 11.3 Å². The van der Waals surface area contributed by atoms with E-state index in [1.165, 1.54) is 11.1 Å². The van der Waals surface area contributed by atoms with Crippen LogP contribution in [0.2, 0.25) is 0 Å². The Bertz CT molecular complexity index is 413. The van der Waals surface area contributed by atoms with Gasteiger partial charge in [0.25, 0.3) is 0 Å². The molecule has 0 N–H and O–H groups in total. The van der Waals surface area contributed by atoms with Gasteiger partial charge >= 0.3 is 0 Å². The molecule has 0 saturated carbocycles. The lowest BCUT2D eigenvalue weighted by Gasteiger charge is -2.22. The second kappa shape index (κ2) is 3.70. The average Bonchev–Trinajstić information content (AvgIpc) is 2.74. The first-order valence-electron chi connectivity index (χ1n) is 5.34. The fourth-order valence-electron chi connectivity index (χ4n) is 2.16. The van der Waals surface area contributed by atoms with Gasteiger partial charge in [-0.05, 0) is 43.0 Å². The molecule has 1 unspecified atom stereocenters. The van der Waals surface area contributed by atoms with Crippen LogP contribution in [0.25, 0.3) is 11.3 Å². The zero-order valence-electron chi connectivity index (χ0n) is 8.48. The van der Waals surface area contributed by atoms with Crippen LogP contribution >= 0.6 is 0 Å². The van der Waals surface area contributed by atoms with Crippen LogP contribution in [0.1, 0.15) is 24.5 Å². The van der Waals surface area contributed by atoms with Crippen molar-refractivity contribution in [3.05, 3.63) is 42.5 Å². The van der Waals surface area contributed by atoms with E-state index >= 15 is 0 Å². The standard InChI is InChI=1S/C13H13O2/c1-2-8-14-12(5-1)11-6-7-13-10(11)4-3-9-15-13/h2-4,6-7,9,12H,1,5,8H2. The summed E-state index contributed by atoms with van der Waals surface area (Å²) in [4.78, 5) is 0. The quantitative estimate of drug-likeness (QED) is 0.705. The minimum absolute atomic E-state index is 0.241. The molecule has 15 heavy (non-hydrogen) atoms. The Morgan fingerprint density at radius 1 is 1.20 bits per heavy atom. The summed E-state index contributed by atoms with van der Waals surface area (Å²) in [6.45, 7) is 0.765. The van der Waals surface area contributed by atoms with Gasteiger partial charge in [-0.15, -0.1) is 0 Å². The van der Waals surface area contributed by atoms with Crippen molar-refractivity contribution in [3.63, 3.8) is 0 Å². The van der Waals surface area contributed by atoms with Gasteiger partial charge in [-0.25, -0.2) is 0 Å². The molecule has 1 aliphatic carbocycles. The highest BCUT2D eigenvalue weighted by Gasteiger charge is 2.22. The Labute approximate surface area is 89.2 Å². The van der Waals surface area contributed by atoms with Gasteiger partial charge in [0.05, 0.1) is 19.0 Å². The minimum Gasteiger partial charge on any atom is -0.464 e. The third-order valence-electron chi connectivity index (χ3n) is 2.92. The van der Waals surface area contributed by atoms with Crippen molar-refractivity contribution in [2.75, 3.05) is 6.61 Å². The van der Waals surface area contributed by atoms with E-state index in [9.17, 15) is 0 Å². The van der Waals surface area contributed by atoms with E-state index in [0.717, 1.165) is 25.2 Å². The average molecular weight is 201 g/mol. The highest BCUT2D eigenvalue weighted by atomic mass is 16.5. The Morgan fingerprint density at radius 3 is 3.07 bits per heavy atom.